The first-order valence-corrected chi connectivity index (χ1v) is 13.4. The molecule has 3 aromatic rings. The van der Waals surface area contributed by atoms with Crippen molar-refractivity contribution >= 4 is 5.97 Å². The summed E-state index contributed by atoms with van der Waals surface area (Å²) < 4.78 is 0. The molecule has 0 amide bonds. The molecular formula is C32H39NO4. The van der Waals surface area contributed by atoms with Crippen molar-refractivity contribution in [1.29, 1.82) is 0 Å². The minimum atomic E-state index is -1.01. The third kappa shape index (κ3) is 6.12. The van der Waals surface area contributed by atoms with E-state index in [-0.39, 0.29) is 5.92 Å². The zero-order valence-corrected chi connectivity index (χ0v) is 21.9. The smallest absolute Gasteiger partial charge is 0.310 e. The van der Waals surface area contributed by atoms with E-state index in [2.05, 4.69) is 4.90 Å². The van der Waals surface area contributed by atoms with Crippen molar-refractivity contribution in [2.45, 2.75) is 57.2 Å². The molecular weight excluding hydrogens is 462 g/mol. The van der Waals surface area contributed by atoms with Gasteiger partial charge in [0.2, 0.25) is 0 Å². The molecule has 1 saturated heterocycles. The number of hydrogen-bond acceptors (Lipinski definition) is 4. The van der Waals surface area contributed by atoms with Crippen molar-refractivity contribution in [3.8, 4) is 0 Å². The molecule has 0 aliphatic carbocycles. The second-order valence-electron chi connectivity index (χ2n) is 10.4. The van der Waals surface area contributed by atoms with Gasteiger partial charge >= 0.3 is 5.97 Å². The normalized spacial score (nSPS) is 16.9. The summed E-state index contributed by atoms with van der Waals surface area (Å²) >= 11 is 0. The fourth-order valence-corrected chi connectivity index (χ4v) is 5.80. The van der Waals surface area contributed by atoms with Crippen LogP contribution in [0.2, 0.25) is 0 Å². The molecule has 3 N–H and O–H groups in total. The average Bonchev–Trinajstić information content (AvgIpc) is 2.93. The van der Waals surface area contributed by atoms with Crippen molar-refractivity contribution in [2.75, 3.05) is 19.6 Å². The van der Waals surface area contributed by atoms with Gasteiger partial charge < -0.3 is 20.2 Å². The molecule has 196 valence electrons. The number of likely N-dealkylation sites (tertiary alicyclic amines) is 1. The lowest BCUT2D eigenvalue weighted by Gasteiger charge is -2.42. The Morgan fingerprint density at radius 2 is 1.54 bits per heavy atom. The standard InChI is InChI=1S/C32H39NO4/c1-23-22-25(15-16-29(23)24(2)31(35)36)30(34)14-9-19-33-20-17-28(18-21-33)32(37,26-10-5-3-6-11-26)27-12-7-4-8-13-27/h3-8,10-13,15-16,22,24,28,30,34,37H,9,14,17-21H2,1-2H3,(H,35,36)/t24?,30-/m0/s1. The number of nitrogens with zero attached hydrogens (tertiary/aromatic N) is 1. The van der Waals surface area contributed by atoms with Crippen LogP contribution in [-0.2, 0) is 10.4 Å². The third-order valence-corrected chi connectivity index (χ3v) is 8.07. The van der Waals surface area contributed by atoms with Gasteiger partial charge in [-0.05, 0) is 92.9 Å². The molecule has 0 bridgehead atoms. The number of hydrogen-bond donors (Lipinski definition) is 3. The Morgan fingerprint density at radius 3 is 2.05 bits per heavy atom. The number of aliphatic hydroxyl groups excluding tert-OH is 1. The van der Waals surface area contributed by atoms with Gasteiger partial charge in [0.15, 0.2) is 0 Å². The zero-order valence-electron chi connectivity index (χ0n) is 21.9. The molecule has 37 heavy (non-hydrogen) atoms. The highest BCUT2D eigenvalue weighted by Crippen LogP contribution is 2.42. The summed E-state index contributed by atoms with van der Waals surface area (Å²) in [5, 5.41) is 32.1. The summed E-state index contributed by atoms with van der Waals surface area (Å²) in [6.07, 6.45) is 2.79. The number of aliphatic carboxylic acids is 1. The molecule has 0 radical (unpaired) electrons. The molecule has 1 heterocycles. The van der Waals surface area contributed by atoms with Gasteiger partial charge in [-0.25, -0.2) is 0 Å². The highest BCUT2D eigenvalue weighted by atomic mass is 16.4. The Labute approximate surface area is 220 Å². The molecule has 1 aliphatic heterocycles. The van der Waals surface area contributed by atoms with Crippen LogP contribution in [0.1, 0.15) is 72.4 Å². The first-order valence-electron chi connectivity index (χ1n) is 13.4. The quantitative estimate of drug-likeness (QED) is 0.335. The minimum absolute atomic E-state index is 0.133. The summed E-state index contributed by atoms with van der Waals surface area (Å²) in [7, 11) is 0. The first-order chi connectivity index (χ1) is 17.8. The molecule has 1 unspecified atom stereocenters. The van der Waals surface area contributed by atoms with Crippen LogP contribution >= 0.6 is 0 Å². The average molecular weight is 502 g/mol. The Hall–Kier alpha value is -2.99. The van der Waals surface area contributed by atoms with Gasteiger partial charge in [0.05, 0.1) is 12.0 Å². The van der Waals surface area contributed by atoms with Gasteiger partial charge in [-0.3, -0.25) is 4.79 Å². The minimum Gasteiger partial charge on any atom is -0.481 e. The van der Waals surface area contributed by atoms with Crippen molar-refractivity contribution in [1.82, 2.24) is 4.90 Å². The maximum Gasteiger partial charge on any atom is 0.310 e. The van der Waals surface area contributed by atoms with E-state index in [4.69, 9.17) is 0 Å². The maximum atomic E-state index is 12.1. The Balaban J connectivity index is 1.32. The summed E-state index contributed by atoms with van der Waals surface area (Å²) in [6, 6.07) is 25.6. The van der Waals surface area contributed by atoms with Crippen LogP contribution in [0.25, 0.3) is 0 Å². The van der Waals surface area contributed by atoms with Crippen LogP contribution < -0.4 is 0 Å². The van der Waals surface area contributed by atoms with E-state index in [1.165, 1.54) is 0 Å². The summed E-state index contributed by atoms with van der Waals surface area (Å²) in [5.41, 5.74) is 3.42. The van der Waals surface area contributed by atoms with E-state index in [1.807, 2.05) is 85.8 Å². The van der Waals surface area contributed by atoms with Gasteiger partial charge in [-0.15, -0.1) is 0 Å². The van der Waals surface area contributed by atoms with E-state index in [0.29, 0.717) is 6.42 Å². The highest BCUT2D eigenvalue weighted by Gasteiger charge is 2.41. The summed E-state index contributed by atoms with van der Waals surface area (Å²) in [5.74, 6) is -1.27. The summed E-state index contributed by atoms with van der Waals surface area (Å²) in [6.45, 7) is 6.34. The molecule has 2 atom stereocenters. The fraction of sp³-hybridized carbons (Fsp3) is 0.406. The Morgan fingerprint density at radius 1 is 0.973 bits per heavy atom. The van der Waals surface area contributed by atoms with E-state index < -0.39 is 23.6 Å². The lowest BCUT2D eigenvalue weighted by molar-refractivity contribution is -0.138. The van der Waals surface area contributed by atoms with Crippen molar-refractivity contribution in [2.24, 2.45) is 5.92 Å². The van der Waals surface area contributed by atoms with Crippen LogP contribution in [0.3, 0.4) is 0 Å². The van der Waals surface area contributed by atoms with Gasteiger partial charge in [-0.1, -0.05) is 78.9 Å². The number of benzene rings is 3. The molecule has 5 nitrogen and oxygen atoms in total. The van der Waals surface area contributed by atoms with Gasteiger partial charge in [0, 0.05) is 0 Å². The first kappa shape index (κ1) is 27.1. The van der Waals surface area contributed by atoms with E-state index >= 15 is 0 Å². The largest absolute Gasteiger partial charge is 0.481 e. The highest BCUT2D eigenvalue weighted by molar-refractivity contribution is 5.76. The Kier molecular flexibility index (Phi) is 8.80. The van der Waals surface area contributed by atoms with Crippen LogP contribution in [0.5, 0.6) is 0 Å². The third-order valence-electron chi connectivity index (χ3n) is 8.07. The maximum absolute atomic E-state index is 12.1. The van der Waals surface area contributed by atoms with Gasteiger partial charge in [0.1, 0.15) is 5.60 Å². The Bertz CT molecular complexity index is 1120. The number of carboxylic acids is 1. The van der Waals surface area contributed by atoms with Gasteiger partial charge in [-0.2, -0.15) is 0 Å². The molecule has 5 heteroatoms. The van der Waals surface area contributed by atoms with E-state index in [0.717, 1.165) is 66.7 Å². The zero-order chi connectivity index (χ0) is 26.4. The van der Waals surface area contributed by atoms with Crippen molar-refractivity contribution in [3.05, 3.63) is 107 Å². The monoisotopic (exact) mass is 501 g/mol. The number of carbonyl (C=O) groups is 1. The molecule has 0 saturated carbocycles. The summed E-state index contributed by atoms with van der Waals surface area (Å²) in [4.78, 5) is 13.7. The van der Waals surface area contributed by atoms with Crippen LogP contribution in [0.15, 0.2) is 78.9 Å². The topological polar surface area (TPSA) is 81.0 Å². The predicted molar refractivity (Wildman–Crippen MR) is 146 cm³/mol. The van der Waals surface area contributed by atoms with E-state index in [1.54, 1.807) is 6.92 Å². The van der Waals surface area contributed by atoms with E-state index in [9.17, 15) is 20.1 Å². The molecule has 0 aromatic heterocycles. The SMILES string of the molecule is Cc1cc([C@@H](O)CCCN2CCC(C(O)(c3ccccc3)c3ccccc3)CC2)ccc1C(C)C(=O)O. The molecule has 4 rings (SSSR count). The fourth-order valence-electron chi connectivity index (χ4n) is 5.80. The molecule has 1 aliphatic rings. The number of piperidine rings is 1. The van der Waals surface area contributed by atoms with Crippen molar-refractivity contribution < 1.29 is 20.1 Å². The number of carboxylic acid groups (broad SMARTS) is 1. The molecule has 3 aromatic carbocycles. The van der Waals surface area contributed by atoms with Crippen LogP contribution in [0.4, 0.5) is 0 Å². The molecule has 1 fully saturated rings. The number of aliphatic hydroxyl groups is 2. The number of rotatable bonds is 10. The lowest BCUT2D eigenvalue weighted by Crippen LogP contribution is -2.44. The second kappa shape index (κ2) is 12.0. The lowest BCUT2D eigenvalue weighted by atomic mass is 9.72. The van der Waals surface area contributed by atoms with Crippen LogP contribution in [0, 0.1) is 12.8 Å². The molecule has 0 spiro atoms. The second-order valence-corrected chi connectivity index (χ2v) is 10.4. The van der Waals surface area contributed by atoms with Crippen molar-refractivity contribution in [3.63, 3.8) is 0 Å². The van der Waals surface area contributed by atoms with Gasteiger partial charge in [0.25, 0.3) is 0 Å². The predicted octanol–water partition coefficient (Wildman–Crippen LogP) is 5.64. The number of aryl methyl sites for hydroxylation is 1. The van der Waals surface area contributed by atoms with Crippen LogP contribution in [-0.4, -0.2) is 45.8 Å².